The number of rotatable bonds is 2. The van der Waals surface area contributed by atoms with E-state index in [1.165, 1.54) is 4.57 Å². The molecule has 72 valence electrons. The topological polar surface area (TPSA) is 60.9 Å². The summed E-state index contributed by atoms with van der Waals surface area (Å²) >= 11 is 0. The first-order valence-electron chi connectivity index (χ1n) is 4.18. The zero-order valence-corrected chi connectivity index (χ0v) is 7.67. The van der Waals surface area contributed by atoms with Gasteiger partial charge in [-0.3, -0.25) is 14.1 Å². The highest BCUT2D eigenvalue weighted by Crippen LogP contribution is 2.03. The van der Waals surface area contributed by atoms with E-state index in [1.54, 1.807) is 19.4 Å². The fourth-order valence-electron chi connectivity index (χ4n) is 1.15. The molecule has 5 nitrogen and oxygen atoms in total. The fourth-order valence-corrected chi connectivity index (χ4v) is 1.15. The molecule has 0 aliphatic rings. The zero-order valence-electron chi connectivity index (χ0n) is 7.67. The lowest BCUT2D eigenvalue weighted by Crippen LogP contribution is -2.12. The molecule has 2 aromatic heterocycles. The predicted molar refractivity (Wildman–Crippen MR) is 48.8 cm³/mol. The molecule has 0 atom stereocenters. The summed E-state index contributed by atoms with van der Waals surface area (Å²) in [4.78, 5) is 14.9. The van der Waals surface area contributed by atoms with Gasteiger partial charge < -0.3 is 0 Å². The summed E-state index contributed by atoms with van der Waals surface area (Å²) in [6.07, 6.45) is 3.98. The second kappa shape index (κ2) is 3.45. The van der Waals surface area contributed by atoms with E-state index in [1.807, 2.05) is 12.1 Å². The number of aromatic nitrogens is 3. The van der Waals surface area contributed by atoms with Crippen molar-refractivity contribution in [2.75, 3.05) is 0 Å². The van der Waals surface area contributed by atoms with Crippen LogP contribution in [-0.4, -0.2) is 14.7 Å². The molecule has 0 spiro atoms. The van der Waals surface area contributed by atoms with Crippen LogP contribution in [-0.2, 0) is 13.5 Å². The maximum absolute atomic E-state index is 11.0. The van der Waals surface area contributed by atoms with Gasteiger partial charge in [0.2, 0.25) is 0 Å². The van der Waals surface area contributed by atoms with Crippen molar-refractivity contribution in [1.29, 1.82) is 0 Å². The Kier molecular flexibility index (Phi) is 2.14. The number of hydrogen-bond acceptors (Lipinski definition) is 4. The third-order valence-corrected chi connectivity index (χ3v) is 2.00. The molecule has 0 aliphatic heterocycles. The van der Waals surface area contributed by atoms with Gasteiger partial charge in [0.1, 0.15) is 0 Å². The number of pyridine rings is 1. The molecule has 0 aromatic carbocycles. The van der Waals surface area contributed by atoms with Gasteiger partial charge in [-0.1, -0.05) is 5.16 Å². The van der Waals surface area contributed by atoms with Crippen LogP contribution in [0.3, 0.4) is 0 Å². The SMILES string of the molecule is Cn1c(Cc2ccncc2)noc1=O. The van der Waals surface area contributed by atoms with Gasteiger partial charge in [-0.15, -0.1) is 0 Å². The van der Waals surface area contributed by atoms with Crippen LogP contribution in [0.1, 0.15) is 11.4 Å². The second-order valence-corrected chi connectivity index (χ2v) is 2.96. The monoisotopic (exact) mass is 191 g/mol. The molecule has 0 saturated carbocycles. The van der Waals surface area contributed by atoms with Crippen molar-refractivity contribution in [3.63, 3.8) is 0 Å². The zero-order chi connectivity index (χ0) is 9.97. The lowest BCUT2D eigenvalue weighted by atomic mass is 10.2. The van der Waals surface area contributed by atoms with E-state index >= 15 is 0 Å². The molecule has 0 radical (unpaired) electrons. The van der Waals surface area contributed by atoms with Gasteiger partial charge in [0.05, 0.1) is 0 Å². The quantitative estimate of drug-likeness (QED) is 0.687. The minimum atomic E-state index is -0.436. The van der Waals surface area contributed by atoms with Crippen LogP contribution in [0.25, 0.3) is 0 Å². The van der Waals surface area contributed by atoms with Gasteiger partial charge in [-0.25, -0.2) is 4.79 Å². The van der Waals surface area contributed by atoms with Crippen molar-refractivity contribution in [2.45, 2.75) is 6.42 Å². The molecular weight excluding hydrogens is 182 g/mol. The van der Waals surface area contributed by atoms with Crippen LogP contribution in [0.2, 0.25) is 0 Å². The lowest BCUT2D eigenvalue weighted by Gasteiger charge is -1.97. The molecule has 0 aliphatic carbocycles. The van der Waals surface area contributed by atoms with E-state index in [2.05, 4.69) is 14.7 Å². The van der Waals surface area contributed by atoms with Crippen molar-refractivity contribution in [3.05, 3.63) is 46.5 Å². The fraction of sp³-hybridized carbons (Fsp3) is 0.222. The summed E-state index contributed by atoms with van der Waals surface area (Å²) in [7, 11) is 1.63. The summed E-state index contributed by atoms with van der Waals surface area (Å²) in [5, 5.41) is 3.67. The molecule has 0 bridgehead atoms. The van der Waals surface area contributed by atoms with E-state index < -0.39 is 5.76 Å². The summed E-state index contributed by atoms with van der Waals surface area (Å²) in [5.41, 5.74) is 1.05. The van der Waals surface area contributed by atoms with Crippen LogP contribution >= 0.6 is 0 Å². The van der Waals surface area contributed by atoms with E-state index in [9.17, 15) is 4.79 Å². The molecule has 2 heterocycles. The normalized spacial score (nSPS) is 10.4. The highest BCUT2D eigenvalue weighted by molar-refractivity contribution is 5.14. The summed E-state index contributed by atoms with van der Waals surface area (Å²) in [6, 6.07) is 3.75. The molecular formula is C9H9N3O2. The van der Waals surface area contributed by atoms with Crippen LogP contribution in [0.15, 0.2) is 33.8 Å². The Hall–Kier alpha value is -1.91. The van der Waals surface area contributed by atoms with Crippen molar-refractivity contribution in [3.8, 4) is 0 Å². The van der Waals surface area contributed by atoms with Crippen molar-refractivity contribution in [1.82, 2.24) is 14.7 Å². The molecule has 2 rings (SSSR count). The number of hydrogen-bond donors (Lipinski definition) is 0. The average molecular weight is 191 g/mol. The molecule has 0 amide bonds. The third-order valence-electron chi connectivity index (χ3n) is 2.00. The van der Waals surface area contributed by atoms with Crippen molar-refractivity contribution in [2.24, 2.45) is 7.05 Å². The molecule has 0 saturated heterocycles. The largest absolute Gasteiger partial charge is 0.441 e. The summed E-state index contributed by atoms with van der Waals surface area (Å²) < 4.78 is 5.90. The van der Waals surface area contributed by atoms with Crippen LogP contribution < -0.4 is 5.76 Å². The molecule has 0 N–H and O–H groups in total. The lowest BCUT2D eigenvalue weighted by molar-refractivity contribution is 0.376. The predicted octanol–water partition coefficient (Wildman–Crippen LogP) is 0.359. The molecule has 0 unspecified atom stereocenters. The van der Waals surface area contributed by atoms with Gasteiger partial charge in [0.25, 0.3) is 0 Å². The van der Waals surface area contributed by atoms with E-state index in [4.69, 9.17) is 0 Å². The molecule has 2 aromatic rings. The Morgan fingerprint density at radius 2 is 2.14 bits per heavy atom. The minimum Gasteiger partial charge on any atom is -0.296 e. The maximum Gasteiger partial charge on any atom is 0.441 e. The first-order valence-corrected chi connectivity index (χ1v) is 4.18. The van der Waals surface area contributed by atoms with E-state index in [0.29, 0.717) is 12.2 Å². The Balaban J connectivity index is 2.28. The Morgan fingerprint density at radius 3 is 2.71 bits per heavy atom. The van der Waals surface area contributed by atoms with Crippen molar-refractivity contribution < 1.29 is 4.52 Å². The first kappa shape index (κ1) is 8.68. The second-order valence-electron chi connectivity index (χ2n) is 2.96. The number of nitrogens with zero attached hydrogens (tertiary/aromatic N) is 3. The van der Waals surface area contributed by atoms with Crippen LogP contribution in [0.4, 0.5) is 0 Å². The minimum absolute atomic E-state index is 0.436. The molecule has 0 fully saturated rings. The standard InChI is InChI=1S/C9H9N3O2/c1-12-8(11-14-9(12)13)6-7-2-4-10-5-3-7/h2-5H,6H2,1H3. The average Bonchev–Trinajstić information content (AvgIpc) is 2.52. The van der Waals surface area contributed by atoms with Crippen LogP contribution in [0.5, 0.6) is 0 Å². The van der Waals surface area contributed by atoms with Gasteiger partial charge in [0, 0.05) is 25.9 Å². The van der Waals surface area contributed by atoms with Gasteiger partial charge in [-0.05, 0) is 17.7 Å². The smallest absolute Gasteiger partial charge is 0.296 e. The molecule has 14 heavy (non-hydrogen) atoms. The van der Waals surface area contributed by atoms with Crippen LogP contribution in [0, 0.1) is 0 Å². The Bertz CT molecular complexity index is 472. The molecule has 5 heteroatoms. The third kappa shape index (κ3) is 1.56. The Labute approximate surface area is 80.0 Å². The van der Waals surface area contributed by atoms with E-state index in [0.717, 1.165) is 5.56 Å². The summed E-state index contributed by atoms with van der Waals surface area (Å²) in [5.74, 6) is 0.176. The van der Waals surface area contributed by atoms with E-state index in [-0.39, 0.29) is 0 Å². The van der Waals surface area contributed by atoms with Crippen molar-refractivity contribution >= 4 is 0 Å². The maximum atomic E-state index is 11.0. The van der Waals surface area contributed by atoms with Gasteiger partial charge in [-0.2, -0.15) is 0 Å². The highest BCUT2D eigenvalue weighted by Gasteiger charge is 2.06. The van der Waals surface area contributed by atoms with Gasteiger partial charge >= 0.3 is 5.76 Å². The highest BCUT2D eigenvalue weighted by atomic mass is 16.5. The summed E-state index contributed by atoms with van der Waals surface area (Å²) in [6.45, 7) is 0. The van der Waals surface area contributed by atoms with Gasteiger partial charge in [0.15, 0.2) is 5.82 Å². The first-order chi connectivity index (χ1) is 6.77. The Morgan fingerprint density at radius 1 is 1.43 bits per heavy atom.